The second-order valence-electron chi connectivity index (χ2n) is 10.0. The predicted molar refractivity (Wildman–Crippen MR) is 112 cm³/mol. The van der Waals surface area contributed by atoms with Crippen LogP contribution in [-0.4, -0.2) is 25.2 Å². The molecule has 0 aromatic rings. The average Bonchev–Trinajstić information content (AvgIpc) is 2.61. The van der Waals surface area contributed by atoms with Crippen LogP contribution in [0.4, 0.5) is 0 Å². The van der Waals surface area contributed by atoms with Crippen molar-refractivity contribution < 1.29 is 19.1 Å². The van der Waals surface area contributed by atoms with Gasteiger partial charge in [-0.1, -0.05) is 34.6 Å². The van der Waals surface area contributed by atoms with Crippen molar-refractivity contribution >= 4 is 11.9 Å². The van der Waals surface area contributed by atoms with E-state index in [2.05, 4.69) is 34.6 Å². The largest absolute Gasteiger partial charge is 0.465 e. The molecular formula is C24H42O4. The molecule has 0 amide bonds. The van der Waals surface area contributed by atoms with Gasteiger partial charge in [0.05, 0.1) is 25.0 Å². The lowest BCUT2D eigenvalue weighted by atomic mass is 9.76. The lowest BCUT2D eigenvalue weighted by Gasteiger charge is -2.31. The highest BCUT2D eigenvalue weighted by molar-refractivity contribution is 5.73. The molecule has 0 N–H and O–H groups in total. The summed E-state index contributed by atoms with van der Waals surface area (Å²) in [5, 5.41) is 0. The van der Waals surface area contributed by atoms with Gasteiger partial charge in [0.1, 0.15) is 0 Å². The van der Waals surface area contributed by atoms with E-state index in [0.717, 1.165) is 63.2 Å². The predicted octanol–water partition coefficient (Wildman–Crippen LogP) is 5.63. The van der Waals surface area contributed by atoms with Gasteiger partial charge in [-0.15, -0.1) is 0 Å². The summed E-state index contributed by atoms with van der Waals surface area (Å²) in [6.45, 7) is 12.0. The van der Waals surface area contributed by atoms with Crippen molar-refractivity contribution in [3.63, 3.8) is 0 Å². The van der Waals surface area contributed by atoms with E-state index in [4.69, 9.17) is 9.47 Å². The molecule has 2 saturated carbocycles. The molecule has 0 heterocycles. The van der Waals surface area contributed by atoms with Crippen LogP contribution < -0.4 is 0 Å². The Morgan fingerprint density at radius 3 is 1.50 bits per heavy atom. The molecule has 0 spiro atoms. The number of ether oxygens (including phenoxy) is 2. The Kier molecular flexibility index (Phi) is 9.30. The lowest BCUT2D eigenvalue weighted by Crippen LogP contribution is -2.30. The maximum absolute atomic E-state index is 12.3. The molecule has 0 saturated heterocycles. The number of carbonyl (C=O) groups excluding carboxylic acids is 2. The minimum atomic E-state index is -0.0152. The zero-order valence-electron chi connectivity index (χ0n) is 18.7. The third-order valence-electron chi connectivity index (χ3n) is 7.18. The quantitative estimate of drug-likeness (QED) is 0.500. The van der Waals surface area contributed by atoms with Crippen LogP contribution in [0.1, 0.15) is 86.0 Å². The molecule has 0 radical (unpaired) electrons. The van der Waals surface area contributed by atoms with Crippen LogP contribution in [0.25, 0.3) is 0 Å². The van der Waals surface area contributed by atoms with E-state index < -0.39 is 0 Å². The van der Waals surface area contributed by atoms with Crippen molar-refractivity contribution in [3.8, 4) is 0 Å². The second kappa shape index (κ2) is 11.2. The van der Waals surface area contributed by atoms with Crippen LogP contribution in [-0.2, 0) is 19.1 Å². The second-order valence-corrected chi connectivity index (χ2v) is 10.0. The van der Waals surface area contributed by atoms with Gasteiger partial charge >= 0.3 is 11.9 Å². The highest BCUT2D eigenvalue weighted by Crippen LogP contribution is 2.35. The standard InChI is InChI=1S/C24H42O4/c1-16(10-12-27-23(25)21-8-6-17(2)14-19(21)4)11-13-28-24(26)22-9-7-18(3)15-20(22)5/h16-22H,6-15H2,1-5H3. The number of esters is 2. The molecule has 0 bridgehead atoms. The zero-order chi connectivity index (χ0) is 20.7. The normalized spacial score (nSPS) is 34.5. The maximum Gasteiger partial charge on any atom is 0.309 e. The van der Waals surface area contributed by atoms with Crippen LogP contribution in [0.15, 0.2) is 0 Å². The molecule has 6 atom stereocenters. The fraction of sp³-hybridized carbons (Fsp3) is 0.917. The van der Waals surface area contributed by atoms with Gasteiger partial charge in [-0.2, -0.15) is 0 Å². The minimum absolute atomic E-state index is 0.0152. The van der Waals surface area contributed by atoms with E-state index >= 15 is 0 Å². The first kappa shape index (κ1) is 23.2. The van der Waals surface area contributed by atoms with Gasteiger partial charge in [0, 0.05) is 0 Å². The number of carbonyl (C=O) groups is 2. The van der Waals surface area contributed by atoms with Crippen molar-refractivity contribution in [3.05, 3.63) is 0 Å². The number of hydrogen-bond donors (Lipinski definition) is 0. The van der Waals surface area contributed by atoms with Crippen LogP contribution in [0, 0.1) is 41.4 Å². The van der Waals surface area contributed by atoms with Crippen molar-refractivity contribution in [1.29, 1.82) is 0 Å². The topological polar surface area (TPSA) is 52.6 Å². The molecule has 162 valence electrons. The molecule has 6 unspecified atom stereocenters. The molecule has 0 aliphatic heterocycles. The SMILES string of the molecule is CC(CCOC(=O)C1CCC(C)CC1C)CCOC(=O)C1CCC(C)CC1C. The Bertz CT molecular complexity index is 459. The highest BCUT2D eigenvalue weighted by atomic mass is 16.5. The fourth-order valence-electron chi connectivity index (χ4n) is 5.11. The average molecular weight is 395 g/mol. The summed E-state index contributed by atoms with van der Waals surface area (Å²) in [6.07, 6.45) is 8.10. The summed E-state index contributed by atoms with van der Waals surface area (Å²) in [5.74, 6) is 2.81. The summed E-state index contributed by atoms with van der Waals surface area (Å²) < 4.78 is 11.1. The smallest absolute Gasteiger partial charge is 0.309 e. The third kappa shape index (κ3) is 7.08. The molecule has 0 aromatic heterocycles. The molecule has 2 rings (SSSR count). The summed E-state index contributed by atoms with van der Waals surface area (Å²) in [4.78, 5) is 24.7. The van der Waals surface area contributed by atoms with E-state index in [9.17, 15) is 9.59 Å². The number of hydrogen-bond acceptors (Lipinski definition) is 4. The van der Waals surface area contributed by atoms with Crippen molar-refractivity contribution in [1.82, 2.24) is 0 Å². The Balaban J connectivity index is 1.58. The molecule has 0 aromatic carbocycles. The van der Waals surface area contributed by atoms with Crippen LogP contribution in [0.5, 0.6) is 0 Å². The van der Waals surface area contributed by atoms with E-state index in [0.29, 0.717) is 31.0 Å². The summed E-state index contributed by atoms with van der Waals surface area (Å²) in [6, 6.07) is 0. The fourth-order valence-corrected chi connectivity index (χ4v) is 5.11. The minimum Gasteiger partial charge on any atom is -0.465 e. The molecule has 2 aliphatic carbocycles. The van der Waals surface area contributed by atoms with Gasteiger partial charge in [0.2, 0.25) is 0 Å². The van der Waals surface area contributed by atoms with E-state index in [-0.39, 0.29) is 23.8 Å². The Morgan fingerprint density at radius 2 is 1.14 bits per heavy atom. The molecule has 4 nitrogen and oxygen atoms in total. The molecule has 2 aliphatic rings. The van der Waals surface area contributed by atoms with Gasteiger partial charge in [-0.05, 0) is 81.0 Å². The molecular weight excluding hydrogens is 352 g/mol. The molecule has 28 heavy (non-hydrogen) atoms. The third-order valence-corrected chi connectivity index (χ3v) is 7.18. The van der Waals surface area contributed by atoms with Gasteiger partial charge in [0.15, 0.2) is 0 Å². The molecule has 2 fully saturated rings. The summed E-state index contributed by atoms with van der Waals surface area (Å²) >= 11 is 0. The van der Waals surface area contributed by atoms with Gasteiger partial charge < -0.3 is 9.47 Å². The van der Waals surface area contributed by atoms with Gasteiger partial charge in [-0.3, -0.25) is 9.59 Å². The Hall–Kier alpha value is -1.06. The monoisotopic (exact) mass is 394 g/mol. The summed E-state index contributed by atoms with van der Waals surface area (Å²) in [7, 11) is 0. The Morgan fingerprint density at radius 1 is 0.750 bits per heavy atom. The first-order valence-corrected chi connectivity index (χ1v) is 11.6. The first-order valence-electron chi connectivity index (χ1n) is 11.6. The Labute approximate surface area is 172 Å². The van der Waals surface area contributed by atoms with Gasteiger partial charge in [0.25, 0.3) is 0 Å². The zero-order valence-corrected chi connectivity index (χ0v) is 18.7. The first-order chi connectivity index (χ1) is 13.3. The summed E-state index contributed by atoms with van der Waals surface area (Å²) in [5.41, 5.74) is 0. The highest BCUT2D eigenvalue weighted by Gasteiger charge is 2.32. The van der Waals surface area contributed by atoms with Crippen LogP contribution >= 0.6 is 0 Å². The van der Waals surface area contributed by atoms with Crippen molar-refractivity contribution in [2.75, 3.05) is 13.2 Å². The molecule has 4 heteroatoms. The van der Waals surface area contributed by atoms with E-state index in [1.54, 1.807) is 0 Å². The van der Waals surface area contributed by atoms with E-state index in [1.807, 2.05) is 0 Å². The number of rotatable bonds is 8. The van der Waals surface area contributed by atoms with Crippen LogP contribution in [0.2, 0.25) is 0 Å². The van der Waals surface area contributed by atoms with E-state index in [1.165, 1.54) is 0 Å². The van der Waals surface area contributed by atoms with Gasteiger partial charge in [-0.25, -0.2) is 0 Å². The van der Waals surface area contributed by atoms with Crippen molar-refractivity contribution in [2.24, 2.45) is 41.4 Å². The lowest BCUT2D eigenvalue weighted by molar-refractivity contribution is -0.152. The van der Waals surface area contributed by atoms with Crippen LogP contribution in [0.3, 0.4) is 0 Å². The maximum atomic E-state index is 12.3. The van der Waals surface area contributed by atoms with Crippen molar-refractivity contribution in [2.45, 2.75) is 86.0 Å².